The Labute approximate surface area is 258 Å². The van der Waals surface area contributed by atoms with Crippen LogP contribution in [0.2, 0.25) is 0 Å². The molecule has 2 aromatic carbocycles. The Hall–Kier alpha value is -4.34. The highest BCUT2D eigenvalue weighted by molar-refractivity contribution is 7.14. The zero-order valence-corrected chi connectivity index (χ0v) is 27.3. The topological polar surface area (TPSA) is 133 Å². The minimum atomic E-state index is -1.20. The second-order valence-corrected chi connectivity index (χ2v) is 8.45. The third-order valence-electron chi connectivity index (χ3n) is 5.10. The van der Waals surface area contributed by atoms with Crippen molar-refractivity contribution in [1.82, 2.24) is 0 Å². The molecule has 0 aliphatic heterocycles. The molecule has 43 heavy (non-hydrogen) atoms. The molecule has 5 rings (SSSR count). The molecular formula is C34H45NO7S. The van der Waals surface area contributed by atoms with E-state index in [1.807, 2.05) is 60.6 Å². The van der Waals surface area contributed by atoms with Crippen LogP contribution in [-0.4, -0.2) is 34.3 Å². The summed E-state index contributed by atoms with van der Waals surface area (Å²) in [5.41, 5.74) is 1.15. The van der Waals surface area contributed by atoms with Crippen molar-refractivity contribution in [2.75, 3.05) is 12.4 Å². The molecule has 0 saturated heterocycles. The number of para-hydroxylation sites is 1. The standard InChI is InChI=1S/C22H13NO6S.C5H10.3C2H6.CH4O/c24-13-5-6-16-12(7-13)9-17(28-16)20-19(22(26)27)14(10-30-20)23-21(25)18-8-11-3-1-2-4-15(11)29-18;1-3-5-4-2;4*1-2/h1-10,24H,(H,23,25)(H,26,27);3,5H,4H2,1-2H3;3*1-2H3;2H,1H3/b;5-3-;;;;. The number of hydrogen-bond donors (Lipinski definition) is 4. The quantitative estimate of drug-likeness (QED) is 0.145. The van der Waals surface area contributed by atoms with Gasteiger partial charge in [-0.25, -0.2) is 4.79 Å². The maximum Gasteiger partial charge on any atom is 0.339 e. The second kappa shape index (κ2) is 21.4. The van der Waals surface area contributed by atoms with E-state index in [0.717, 1.165) is 30.3 Å². The van der Waals surface area contributed by atoms with Gasteiger partial charge in [0.05, 0.1) is 10.6 Å². The molecule has 0 bridgehead atoms. The van der Waals surface area contributed by atoms with Gasteiger partial charge in [-0.3, -0.25) is 4.79 Å². The van der Waals surface area contributed by atoms with Crippen molar-refractivity contribution >= 4 is 50.8 Å². The molecule has 9 heteroatoms. The van der Waals surface area contributed by atoms with Gasteiger partial charge in [0.25, 0.3) is 5.91 Å². The first-order valence-electron chi connectivity index (χ1n) is 14.3. The highest BCUT2D eigenvalue weighted by Gasteiger charge is 2.24. The van der Waals surface area contributed by atoms with E-state index in [1.54, 1.807) is 35.7 Å². The van der Waals surface area contributed by atoms with Crippen LogP contribution in [0.5, 0.6) is 5.75 Å². The number of anilines is 1. The van der Waals surface area contributed by atoms with Crippen molar-refractivity contribution in [2.45, 2.75) is 61.8 Å². The van der Waals surface area contributed by atoms with Crippen molar-refractivity contribution in [1.29, 1.82) is 0 Å². The van der Waals surface area contributed by atoms with Gasteiger partial charge in [-0.05, 0) is 49.7 Å². The van der Waals surface area contributed by atoms with Crippen molar-refractivity contribution in [3.05, 3.63) is 83.5 Å². The molecule has 3 heterocycles. The summed E-state index contributed by atoms with van der Waals surface area (Å²) in [7, 11) is 1.00. The van der Waals surface area contributed by atoms with Gasteiger partial charge in [-0.1, -0.05) is 78.8 Å². The lowest BCUT2D eigenvalue weighted by Gasteiger charge is -2.03. The lowest BCUT2D eigenvalue weighted by molar-refractivity contribution is 0.0699. The average Bonchev–Trinajstić information content (AvgIpc) is 3.78. The molecule has 0 unspecified atom stereocenters. The van der Waals surface area contributed by atoms with E-state index in [2.05, 4.69) is 24.4 Å². The summed E-state index contributed by atoms with van der Waals surface area (Å²) in [6.07, 6.45) is 5.34. The van der Waals surface area contributed by atoms with E-state index in [-0.39, 0.29) is 22.8 Å². The molecule has 0 aliphatic rings. The molecule has 5 aromatic rings. The van der Waals surface area contributed by atoms with Gasteiger partial charge < -0.3 is 29.5 Å². The zero-order chi connectivity index (χ0) is 32.9. The summed E-state index contributed by atoms with van der Waals surface area (Å²) in [5.74, 6) is -1.25. The van der Waals surface area contributed by atoms with E-state index in [1.165, 1.54) is 12.1 Å². The van der Waals surface area contributed by atoms with Crippen LogP contribution < -0.4 is 5.32 Å². The van der Waals surface area contributed by atoms with Crippen molar-refractivity contribution in [3.8, 4) is 16.4 Å². The van der Waals surface area contributed by atoms with Crippen LogP contribution in [0.3, 0.4) is 0 Å². The Bertz CT molecular complexity index is 1510. The summed E-state index contributed by atoms with van der Waals surface area (Å²) in [5, 5.41) is 32.0. The summed E-state index contributed by atoms with van der Waals surface area (Å²) >= 11 is 1.14. The maximum absolute atomic E-state index is 12.6. The maximum atomic E-state index is 12.6. The Morgan fingerprint density at radius 1 is 0.884 bits per heavy atom. The third-order valence-corrected chi connectivity index (χ3v) is 6.09. The van der Waals surface area contributed by atoms with Gasteiger partial charge in [-0.2, -0.15) is 0 Å². The largest absolute Gasteiger partial charge is 0.508 e. The predicted molar refractivity (Wildman–Crippen MR) is 180 cm³/mol. The number of aromatic hydroxyl groups is 1. The minimum Gasteiger partial charge on any atom is -0.508 e. The van der Waals surface area contributed by atoms with Crippen LogP contribution in [-0.2, 0) is 0 Å². The fourth-order valence-electron chi connectivity index (χ4n) is 3.50. The van der Waals surface area contributed by atoms with E-state index < -0.39 is 11.9 Å². The fraction of sp³-hybridized carbons (Fsp3) is 0.294. The molecule has 1 amide bonds. The minimum absolute atomic E-state index is 0.0762. The molecule has 3 aromatic heterocycles. The summed E-state index contributed by atoms with van der Waals surface area (Å²) in [4.78, 5) is 25.0. The Morgan fingerprint density at radius 3 is 2.07 bits per heavy atom. The summed E-state index contributed by atoms with van der Waals surface area (Å²) in [6.45, 7) is 16.2. The smallest absolute Gasteiger partial charge is 0.339 e. The predicted octanol–water partition coefficient (Wildman–Crippen LogP) is 10.2. The number of benzene rings is 2. The first-order chi connectivity index (χ1) is 20.9. The lowest BCUT2D eigenvalue weighted by Crippen LogP contribution is -2.13. The summed E-state index contributed by atoms with van der Waals surface area (Å²) in [6, 6.07) is 15.1. The highest BCUT2D eigenvalue weighted by atomic mass is 32.1. The number of amides is 1. The molecule has 234 valence electrons. The number of aliphatic hydroxyl groups is 1. The zero-order valence-electron chi connectivity index (χ0n) is 26.5. The molecule has 0 aliphatic carbocycles. The first kappa shape index (κ1) is 38.7. The number of phenolic OH excluding ortho intramolecular Hbond substituents is 1. The number of furan rings is 2. The van der Waals surface area contributed by atoms with Crippen LogP contribution >= 0.6 is 11.3 Å². The number of carboxylic acid groups (broad SMARTS) is 1. The van der Waals surface area contributed by atoms with Gasteiger partial charge in [0.1, 0.15) is 28.2 Å². The Balaban J connectivity index is 0.00000118. The molecule has 8 nitrogen and oxygen atoms in total. The number of aromatic carboxylic acids is 1. The number of carboxylic acids is 1. The normalized spacial score (nSPS) is 9.53. The fourth-order valence-corrected chi connectivity index (χ4v) is 4.44. The van der Waals surface area contributed by atoms with Gasteiger partial charge in [-0.15, -0.1) is 11.3 Å². The Kier molecular flexibility index (Phi) is 19.2. The number of aliphatic hydroxyl groups excluding tert-OH is 1. The van der Waals surface area contributed by atoms with E-state index in [9.17, 15) is 19.8 Å². The lowest BCUT2D eigenvalue weighted by atomic mass is 10.1. The van der Waals surface area contributed by atoms with Crippen molar-refractivity contribution in [2.24, 2.45) is 0 Å². The van der Waals surface area contributed by atoms with E-state index in [0.29, 0.717) is 27.2 Å². The molecular weight excluding hydrogens is 566 g/mol. The Morgan fingerprint density at radius 2 is 1.51 bits per heavy atom. The molecule has 0 saturated carbocycles. The number of carbonyl (C=O) groups is 2. The van der Waals surface area contributed by atoms with Crippen molar-refractivity contribution in [3.63, 3.8) is 0 Å². The van der Waals surface area contributed by atoms with Crippen LogP contribution in [0.25, 0.3) is 32.6 Å². The SMILES string of the molecule is C/C=C\CC.CC.CC.CC.CO.O=C(Nc1csc(-c2cc3cc(O)ccc3o2)c1C(=O)O)c1cc2ccccc2o1. The van der Waals surface area contributed by atoms with Gasteiger partial charge in [0.15, 0.2) is 5.76 Å². The number of hydrogen-bond acceptors (Lipinski definition) is 7. The number of allylic oxidation sites excluding steroid dienone is 2. The van der Waals surface area contributed by atoms with Crippen LogP contribution in [0, 0.1) is 0 Å². The van der Waals surface area contributed by atoms with E-state index >= 15 is 0 Å². The van der Waals surface area contributed by atoms with Crippen molar-refractivity contribution < 1.29 is 33.7 Å². The molecule has 0 fully saturated rings. The number of rotatable bonds is 5. The molecule has 0 atom stereocenters. The first-order valence-corrected chi connectivity index (χ1v) is 15.2. The number of carbonyl (C=O) groups excluding carboxylic acids is 1. The van der Waals surface area contributed by atoms with Crippen LogP contribution in [0.1, 0.15) is 82.7 Å². The number of nitrogens with one attached hydrogen (secondary N) is 1. The molecule has 4 N–H and O–H groups in total. The number of phenols is 1. The highest BCUT2D eigenvalue weighted by Crippen LogP contribution is 2.39. The second-order valence-electron chi connectivity index (χ2n) is 7.57. The van der Waals surface area contributed by atoms with Crippen LogP contribution in [0.15, 0.2) is 81.0 Å². The van der Waals surface area contributed by atoms with Gasteiger partial charge in [0, 0.05) is 23.3 Å². The average molecular weight is 612 g/mol. The monoisotopic (exact) mass is 611 g/mol. The van der Waals surface area contributed by atoms with E-state index in [4.69, 9.17) is 13.9 Å². The van der Waals surface area contributed by atoms with Gasteiger partial charge in [0.2, 0.25) is 0 Å². The summed E-state index contributed by atoms with van der Waals surface area (Å²) < 4.78 is 11.3. The third kappa shape index (κ3) is 10.8. The van der Waals surface area contributed by atoms with Gasteiger partial charge >= 0.3 is 5.97 Å². The number of fused-ring (bicyclic) bond motifs is 2. The molecule has 0 radical (unpaired) electrons. The molecule has 0 spiro atoms. The van der Waals surface area contributed by atoms with Crippen LogP contribution in [0.4, 0.5) is 5.69 Å². The number of thiophene rings is 1.